The highest BCUT2D eigenvalue weighted by Gasteiger charge is 2.26. The highest BCUT2D eigenvalue weighted by Crippen LogP contribution is 2.30. The molecule has 0 saturated carbocycles. The maximum Gasteiger partial charge on any atom is 0.339 e. The predicted molar refractivity (Wildman–Crippen MR) is 111 cm³/mol. The van der Waals surface area contributed by atoms with Gasteiger partial charge in [0.1, 0.15) is 6.61 Å². The summed E-state index contributed by atoms with van der Waals surface area (Å²) >= 11 is 6.15. The highest BCUT2D eigenvalue weighted by atomic mass is 35.5. The van der Waals surface area contributed by atoms with Crippen molar-refractivity contribution in [2.24, 2.45) is 0 Å². The van der Waals surface area contributed by atoms with Crippen LogP contribution < -0.4 is 9.47 Å². The maximum atomic E-state index is 12.5. The van der Waals surface area contributed by atoms with Gasteiger partial charge >= 0.3 is 5.97 Å². The summed E-state index contributed by atoms with van der Waals surface area (Å²) in [6.45, 7) is 3.77. The average Bonchev–Trinajstić information content (AvgIpc) is 2.78. The Balaban J connectivity index is 1.63. The molecule has 1 aliphatic rings. The van der Waals surface area contributed by atoms with Crippen LogP contribution in [0.1, 0.15) is 22.8 Å². The Bertz CT molecular complexity index is 897. The molecule has 30 heavy (non-hydrogen) atoms. The lowest BCUT2D eigenvalue weighted by molar-refractivity contribution is -0.143. The zero-order valence-corrected chi connectivity index (χ0v) is 17.7. The molecular weight excluding hydrogens is 410 g/mol. The van der Waals surface area contributed by atoms with Crippen LogP contribution in [0.15, 0.2) is 42.5 Å². The zero-order valence-electron chi connectivity index (χ0n) is 16.9. The quantitative estimate of drug-likeness (QED) is 0.623. The van der Waals surface area contributed by atoms with Crippen molar-refractivity contribution in [1.29, 1.82) is 0 Å². The lowest BCUT2D eigenvalue weighted by atomic mass is 10.2. The first kappa shape index (κ1) is 21.9. The second kappa shape index (κ2) is 10.3. The van der Waals surface area contributed by atoms with Crippen molar-refractivity contribution in [3.63, 3.8) is 0 Å². The molecule has 1 atom stereocenters. The van der Waals surface area contributed by atoms with Crippen LogP contribution in [-0.2, 0) is 20.9 Å². The molecule has 1 amide bonds. The van der Waals surface area contributed by atoms with Crippen LogP contribution in [-0.4, -0.2) is 56.3 Å². The van der Waals surface area contributed by atoms with Crippen molar-refractivity contribution in [1.82, 2.24) is 4.90 Å². The fourth-order valence-corrected chi connectivity index (χ4v) is 3.19. The van der Waals surface area contributed by atoms with Gasteiger partial charge in [-0.2, -0.15) is 0 Å². The summed E-state index contributed by atoms with van der Waals surface area (Å²) in [6, 6.07) is 12.1. The number of carbonyl (C=O) groups excluding carboxylic acids is 2. The molecule has 1 fully saturated rings. The number of amides is 1. The number of methoxy groups -OCH3 is 1. The summed E-state index contributed by atoms with van der Waals surface area (Å²) in [5, 5.41) is 0.607. The molecule has 1 aliphatic heterocycles. The van der Waals surface area contributed by atoms with Crippen LogP contribution in [0.25, 0.3) is 0 Å². The molecule has 0 spiro atoms. The largest absolute Gasteiger partial charge is 0.493 e. The molecule has 160 valence electrons. The second-order valence-corrected chi connectivity index (χ2v) is 7.14. The van der Waals surface area contributed by atoms with Crippen LogP contribution in [0.4, 0.5) is 0 Å². The van der Waals surface area contributed by atoms with Gasteiger partial charge in [0, 0.05) is 23.7 Å². The third-order valence-corrected chi connectivity index (χ3v) is 5.06. The number of halogens is 1. The van der Waals surface area contributed by atoms with Gasteiger partial charge in [0.05, 0.1) is 25.9 Å². The monoisotopic (exact) mass is 433 g/mol. The molecule has 7 nitrogen and oxygen atoms in total. The minimum atomic E-state index is -0.891. The SMILES string of the molecule is COc1cc(C(=O)O[C@H](C)C(=O)N2CCOCC2)ccc1OCc1ccccc1Cl. The number of hydrogen-bond acceptors (Lipinski definition) is 6. The number of esters is 1. The predicted octanol–water partition coefficient (Wildman–Crippen LogP) is 3.33. The summed E-state index contributed by atoms with van der Waals surface area (Å²) in [6.07, 6.45) is -0.891. The summed E-state index contributed by atoms with van der Waals surface area (Å²) < 4.78 is 21.7. The third-order valence-electron chi connectivity index (χ3n) is 4.69. The molecule has 0 bridgehead atoms. The fourth-order valence-electron chi connectivity index (χ4n) is 3.00. The Morgan fingerprint density at radius 3 is 2.57 bits per heavy atom. The lowest BCUT2D eigenvalue weighted by Gasteiger charge is -2.29. The Morgan fingerprint density at radius 2 is 1.87 bits per heavy atom. The van der Waals surface area contributed by atoms with Gasteiger partial charge in [0.2, 0.25) is 0 Å². The summed E-state index contributed by atoms with van der Waals surface area (Å²) in [5.41, 5.74) is 1.10. The van der Waals surface area contributed by atoms with E-state index in [2.05, 4.69) is 0 Å². The van der Waals surface area contributed by atoms with Gasteiger partial charge in [-0.3, -0.25) is 4.79 Å². The van der Waals surface area contributed by atoms with Gasteiger partial charge < -0.3 is 23.8 Å². The normalized spacial score (nSPS) is 14.7. The van der Waals surface area contributed by atoms with Gasteiger partial charge in [-0.25, -0.2) is 4.79 Å². The number of nitrogens with zero attached hydrogens (tertiary/aromatic N) is 1. The van der Waals surface area contributed by atoms with Crippen molar-refractivity contribution in [2.75, 3.05) is 33.4 Å². The second-order valence-electron chi connectivity index (χ2n) is 6.73. The van der Waals surface area contributed by atoms with E-state index in [1.54, 1.807) is 30.0 Å². The van der Waals surface area contributed by atoms with E-state index in [9.17, 15) is 9.59 Å². The van der Waals surface area contributed by atoms with E-state index in [1.165, 1.54) is 13.2 Å². The average molecular weight is 434 g/mol. The molecule has 0 radical (unpaired) electrons. The van der Waals surface area contributed by atoms with Crippen molar-refractivity contribution in [3.05, 3.63) is 58.6 Å². The topological polar surface area (TPSA) is 74.3 Å². The van der Waals surface area contributed by atoms with Crippen LogP contribution in [0, 0.1) is 0 Å². The van der Waals surface area contributed by atoms with Crippen LogP contribution in [0.3, 0.4) is 0 Å². The van der Waals surface area contributed by atoms with Gasteiger partial charge in [-0.1, -0.05) is 29.8 Å². The number of hydrogen-bond donors (Lipinski definition) is 0. The fraction of sp³-hybridized carbons (Fsp3) is 0.364. The molecule has 0 unspecified atom stereocenters. The maximum absolute atomic E-state index is 12.5. The van der Waals surface area contributed by atoms with Crippen LogP contribution in [0.2, 0.25) is 5.02 Å². The van der Waals surface area contributed by atoms with Crippen LogP contribution >= 0.6 is 11.6 Å². The molecule has 2 aromatic carbocycles. The third kappa shape index (κ3) is 5.43. The summed E-state index contributed by atoms with van der Waals surface area (Å²) in [7, 11) is 1.48. The van der Waals surface area contributed by atoms with Crippen molar-refractivity contribution >= 4 is 23.5 Å². The van der Waals surface area contributed by atoms with Gasteiger partial charge in [0.25, 0.3) is 5.91 Å². The minimum absolute atomic E-state index is 0.238. The molecule has 1 saturated heterocycles. The lowest BCUT2D eigenvalue weighted by Crippen LogP contribution is -2.46. The zero-order chi connectivity index (χ0) is 21.5. The van der Waals surface area contributed by atoms with E-state index < -0.39 is 12.1 Å². The number of ether oxygens (including phenoxy) is 4. The Morgan fingerprint density at radius 1 is 1.13 bits per heavy atom. The van der Waals surface area contributed by atoms with Crippen molar-refractivity contribution in [3.8, 4) is 11.5 Å². The molecule has 1 heterocycles. The van der Waals surface area contributed by atoms with E-state index in [0.717, 1.165) is 5.56 Å². The van der Waals surface area contributed by atoms with Crippen molar-refractivity contribution in [2.45, 2.75) is 19.6 Å². The highest BCUT2D eigenvalue weighted by molar-refractivity contribution is 6.31. The first-order valence-corrected chi connectivity index (χ1v) is 9.99. The first-order valence-electron chi connectivity index (χ1n) is 9.61. The first-order chi connectivity index (χ1) is 14.5. The minimum Gasteiger partial charge on any atom is -0.493 e. The van der Waals surface area contributed by atoms with Gasteiger partial charge in [-0.05, 0) is 31.2 Å². The molecular formula is C22H24ClNO6. The molecule has 0 N–H and O–H groups in total. The van der Waals surface area contributed by atoms with E-state index in [0.29, 0.717) is 42.8 Å². The standard InChI is InChI=1S/C22H24ClNO6/c1-15(21(25)24-9-11-28-12-10-24)30-22(26)16-7-8-19(20(13-16)27-2)29-14-17-5-3-4-6-18(17)23/h3-8,13,15H,9-12,14H2,1-2H3/t15-/m1/s1. The van der Waals surface area contributed by atoms with E-state index in [1.807, 2.05) is 18.2 Å². The Labute approximate surface area is 180 Å². The Kier molecular flexibility index (Phi) is 7.54. The van der Waals surface area contributed by atoms with Gasteiger partial charge in [0.15, 0.2) is 17.6 Å². The van der Waals surface area contributed by atoms with E-state index in [4.69, 9.17) is 30.5 Å². The summed E-state index contributed by atoms with van der Waals surface area (Å²) in [5.74, 6) is -0.00607. The molecule has 8 heteroatoms. The van der Waals surface area contributed by atoms with Crippen molar-refractivity contribution < 1.29 is 28.5 Å². The Hall–Kier alpha value is -2.77. The summed E-state index contributed by atoms with van der Waals surface area (Å²) in [4.78, 5) is 26.6. The number of morpholine rings is 1. The molecule has 2 aromatic rings. The van der Waals surface area contributed by atoms with E-state index >= 15 is 0 Å². The number of rotatable bonds is 7. The number of carbonyl (C=O) groups is 2. The van der Waals surface area contributed by atoms with Crippen LogP contribution in [0.5, 0.6) is 11.5 Å². The smallest absolute Gasteiger partial charge is 0.339 e. The number of benzene rings is 2. The molecule has 0 aliphatic carbocycles. The molecule has 0 aromatic heterocycles. The van der Waals surface area contributed by atoms with Gasteiger partial charge in [-0.15, -0.1) is 0 Å². The van der Waals surface area contributed by atoms with E-state index in [-0.39, 0.29) is 18.1 Å². The molecule has 3 rings (SSSR count).